The molecule has 0 amide bonds. The number of fused-ring (bicyclic) bond motifs is 1. The minimum atomic E-state index is 0.366. The van der Waals surface area contributed by atoms with Gasteiger partial charge in [-0.15, -0.1) is 0 Å². The van der Waals surface area contributed by atoms with E-state index in [0.717, 1.165) is 23.4 Å². The molecule has 5 heteroatoms. The van der Waals surface area contributed by atoms with Gasteiger partial charge in [0.05, 0.1) is 11.4 Å². The molecule has 2 aromatic rings. The average molecular weight is 289 g/mol. The predicted octanol–water partition coefficient (Wildman–Crippen LogP) is 2.70. The van der Waals surface area contributed by atoms with Gasteiger partial charge in [0.1, 0.15) is 17.3 Å². The summed E-state index contributed by atoms with van der Waals surface area (Å²) in [6.07, 6.45) is 0. The van der Waals surface area contributed by atoms with Gasteiger partial charge in [0.25, 0.3) is 0 Å². The van der Waals surface area contributed by atoms with Crippen molar-refractivity contribution in [2.24, 2.45) is 5.92 Å². The average Bonchev–Trinajstić information content (AvgIpc) is 2.58. The van der Waals surface area contributed by atoms with Crippen LogP contribution in [0.25, 0.3) is 11.0 Å². The number of hydrogen-bond donors (Lipinski definition) is 1. The number of nitrogen functional groups attached to an aromatic ring is 1. The minimum absolute atomic E-state index is 0.366. The van der Waals surface area contributed by atoms with Crippen molar-refractivity contribution in [2.75, 3.05) is 26.4 Å². The Bertz CT molecular complexity index is 654. The first-order valence-corrected chi connectivity index (χ1v) is 7.50. The molecule has 0 bridgehead atoms. The van der Waals surface area contributed by atoms with E-state index in [2.05, 4.69) is 61.2 Å². The van der Waals surface area contributed by atoms with E-state index in [9.17, 15) is 0 Å². The maximum atomic E-state index is 6.14. The number of aryl methyl sites for hydroxylation is 2. The Kier molecular flexibility index (Phi) is 4.23. The Morgan fingerprint density at radius 3 is 2.29 bits per heavy atom. The minimum Gasteiger partial charge on any atom is -0.383 e. The number of anilines is 1. The van der Waals surface area contributed by atoms with Crippen molar-refractivity contribution >= 4 is 16.9 Å². The summed E-state index contributed by atoms with van der Waals surface area (Å²) in [5.41, 5.74) is 9.53. The Hall–Kier alpha value is -1.62. The molecule has 0 aliphatic carbocycles. The molecule has 21 heavy (non-hydrogen) atoms. The highest BCUT2D eigenvalue weighted by Gasteiger charge is 2.24. The Balaban J connectivity index is 2.75. The molecular weight excluding hydrogens is 262 g/mol. The van der Waals surface area contributed by atoms with E-state index in [4.69, 9.17) is 5.73 Å². The highest BCUT2D eigenvalue weighted by atomic mass is 15.2. The van der Waals surface area contributed by atoms with Crippen LogP contribution in [0.2, 0.25) is 0 Å². The molecule has 2 heterocycles. The molecule has 1 atom stereocenters. The fourth-order valence-corrected chi connectivity index (χ4v) is 3.00. The first-order valence-electron chi connectivity index (χ1n) is 7.50. The zero-order valence-corrected chi connectivity index (χ0v) is 14.2. The highest BCUT2D eigenvalue weighted by molar-refractivity contribution is 5.91. The van der Waals surface area contributed by atoms with Crippen LogP contribution in [-0.4, -0.2) is 40.1 Å². The van der Waals surface area contributed by atoms with Crippen LogP contribution in [0.4, 0.5) is 5.82 Å². The van der Waals surface area contributed by atoms with Crippen molar-refractivity contribution in [3.8, 4) is 0 Å². The summed E-state index contributed by atoms with van der Waals surface area (Å²) in [6.45, 7) is 11.6. The highest BCUT2D eigenvalue weighted by Crippen LogP contribution is 2.33. The standard InChI is InChI=1S/C16H27N5/c1-9(2)13(8-20(6)7)21-11(4)10(3)14-15(17)18-12(5)19-16(14)21/h9,13H,8H2,1-7H3,(H2,17,18,19). The van der Waals surface area contributed by atoms with Crippen LogP contribution < -0.4 is 5.73 Å². The van der Waals surface area contributed by atoms with Crippen LogP contribution in [0.15, 0.2) is 0 Å². The smallest absolute Gasteiger partial charge is 0.146 e. The molecule has 0 aromatic carbocycles. The van der Waals surface area contributed by atoms with Gasteiger partial charge in [-0.3, -0.25) is 0 Å². The first kappa shape index (κ1) is 15.8. The van der Waals surface area contributed by atoms with E-state index in [1.54, 1.807) is 0 Å². The van der Waals surface area contributed by atoms with Crippen molar-refractivity contribution in [1.82, 2.24) is 19.4 Å². The Morgan fingerprint density at radius 1 is 1.14 bits per heavy atom. The maximum absolute atomic E-state index is 6.14. The van der Waals surface area contributed by atoms with Gasteiger partial charge in [-0.1, -0.05) is 13.8 Å². The third-order valence-electron chi connectivity index (χ3n) is 4.19. The summed E-state index contributed by atoms with van der Waals surface area (Å²) in [7, 11) is 4.22. The maximum Gasteiger partial charge on any atom is 0.146 e. The molecular formula is C16H27N5. The van der Waals surface area contributed by atoms with Gasteiger partial charge in [-0.05, 0) is 46.3 Å². The van der Waals surface area contributed by atoms with Gasteiger partial charge in [0, 0.05) is 12.2 Å². The second-order valence-electron chi connectivity index (χ2n) is 6.51. The Morgan fingerprint density at radius 2 is 1.76 bits per heavy atom. The van der Waals surface area contributed by atoms with E-state index >= 15 is 0 Å². The lowest BCUT2D eigenvalue weighted by atomic mass is 10.0. The zero-order valence-electron chi connectivity index (χ0n) is 14.2. The van der Waals surface area contributed by atoms with Crippen LogP contribution in [0.3, 0.4) is 0 Å². The summed E-state index contributed by atoms with van der Waals surface area (Å²) in [4.78, 5) is 11.2. The van der Waals surface area contributed by atoms with Crippen LogP contribution in [0.5, 0.6) is 0 Å². The SMILES string of the molecule is Cc1nc(N)c2c(C)c(C)n(C(CN(C)C)C(C)C)c2n1. The van der Waals surface area contributed by atoms with Gasteiger partial charge in [-0.25, -0.2) is 9.97 Å². The van der Waals surface area contributed by atoms with E-state index in [1.807, 2.05) is 6.92 Å². The molecule has 116 valence electrons. The molecule has 0 fully saturated rings. The molecule has 0 aliphatic heterocycles. The van der Waals surface area contributed by atoms with Crippen LogP contribution in [0.1, 0.15) is 37.0 Å². The summed E-state index contributed by atoms with van der Waals surface area (Å²) >= 11 is 0. The monoisotopic (exact) mass is 289 g/mol. The van der Waals surface area contributed by atoms with Crippen molar-refractivity contribution in [3.05, 3.63) is 17.1 Å². The molecule has 0 aliphatic rings. The summed E-state index contributed by atoms with van der Waals surface area (Å²) in [5, 5.41) is 1.00. The van der Waals surface area contributed by atoms with Crippen molar-refractivity contribution < 1.29 is 0 Å². The fourth-order valence-electron chi connectivity index (χ4n) is 3.00. The molecule has 0 radical (unpaired) electrons. The quantitative estimate of drug-likeness (QED) is 0.940. The number of likely N-dealkylation sites (N-methyl/N-ethyl adjacent to an activating group) is 1. The predicted molar refractivity (Wildman–Crippen MR) is 88.6 cm³/mol. The van der Waals surface area contributed by atoms with Crippen LogP contribution >= 0.6 is 0 Å². The third-order valence-corrected chi connectivity index (χ3v) is 4.19. The van der Waals surface area contributed by atoms with Crippen molar-refractivity contribution in [1.29, 1.82) is 0 Å². The summed E-state index contributed by atoms with van der Waals surface area (Å²) < 4.78 is 2.35. The number of nitrogens with zero attached hydrogens (tertiary/aromatic N) is 4. The lowest BCUT2D eigenvalue weighted by molar-refractivity contribution is 0.271. The summed E-state index contributed by atoms with van der Waals surface area (Å²) in [6, 6.07) is 0.366. The Labute approximate surface area is 127 Å². The number of nitrogens with two attached hydrogens (primary N) is 1. The molecule has 0 saturated heterocycles. The molecule has 0 spiro atoms. The number of rotatable bonds is 4. The van der Waals surface area contributed by atoms with E-state index in [0.29, 0.717) is 17.8 Å². The largest absolute Gasteiger partial charge is 0.383 e. The van der Waals surface area contributed by atoms with Gasteiger partial charge >= 0.3 is 0 Å². The molecule has 1 unspecified atom stereocenters. The van der Waals surface area contributed by atoms with Gasteiger partial charge < -0.3 is 15.2 Å². The fraction of sp³-hybridized carbons (Fsp3) is 0.625. The zero-order chi connectivity index (χ0) is 15.9. The summed E-state index contributed by atoms with van der Waals surface area (Å²) in [5.74, 6) is 1.83. The van der Waals surface area contributed by atoms with Gasteiger partial charge in [0.2, 0.25) is 0 Å². The van der Waals surface area contributed by atoms with Crippen LogP contribution in [-0.2, 0) is 0 Å². The first-order chi connectivity index (χ1) is 9.73. The van der Waals surface area contributed by atoms with E-state index < -0.39 is 0 Å². The van der Waals surface area contributed by atoms with Gasteiger partial charge in [0.15, 0.2) is 0 Å². The molecule has 5 nitrogen and oxygen atoms in total. The normalized spacial score (nSPS) is 13.6. The second kappa shape index (κ2) is 5.64. The topological polar surface area (TPSA) is 60.0 Å². The van der Waals surface area contributed by atoms with Crippen molar-refractivity contribution in [3.63, 3.8) is 0 Å². The second-order valence-corrected chi connectivity index (χ2v) is 6.51. The van der Waals surface area contributed by atoms with E-state index in [1.165, 1.54) is 11.3 Å². The van der Waals surface area contributed by atoms with Gasteiger partial charge in [-0.2, -0.15) is 0 Å². The van der Waals surface area contributed by atoms with Crippen molar-refractivity contribution in [2.45, 2.75) is 40.7 Å². The lowest BCUT2D eigenvalue weighted by Gasteiger charge is -2.28. The number of aromatic nitrogens is 3. The molecule has 2 aromatic heterocycles. The van der Waals surface area contributed by atoms with E-state index in [-0.39, 0.29) is 0 Å². The molecule has 2 rings (SSSR count). The lowest BCUT2D eigenvalue weighted by Crippen LogP contribution is -2.29. The number of hydrogen-bond acceptors (Lipinski definition) is 4. The third kappa shape index (κ3) is 2.75. The molecule has 0 saturated carbocycles. The van der Waals surface area contributed by atoms with Crippen LogP contribution in [0, 0.1) is 26.7 Å². The molecule has 2 N–H and O–H groups in total.